The zero-order valence-corrected chi connectivity index (χ0v) is 11.2. The average Bonchev–Trinajstić information content (AvgIpc) is 3.10. The summed E-state index contributed by atoms with van der Waals surface area (Å²) in [6, 6.07) is 12.0. The highest BCUT2D eigenvalue weighted by Gasteiger charge is 2.08. The molecule has 0 aliphatic carbocycles. The van der Waals surface area contributed by atoms with Crippen LogP contribution >= 0.6 is 0 Å². The number of nitrogens with one attached hydrogen (secondary N) is 1. The van der Waals surface area contributed by atoms with Crippen molar-refractivity contribution in [1.29, 1.82) is 5.26 Å². The lowest BCUT2D eigenvalue weighted by molar-refractivity contribution is 0.102. The number of pyridine rings is 1. The standard InChI is InChI=1S/C14H9N7O/c15-7-10-4-5-13(16-8-10)18-14(22)11-2-1-3-12(6-11)21-9-17-19-20-21/h1-6,8-9H,(H,16,18,22). The van der Waals surface area contributed by atoms with Gasteiger partial charge in [0, 0.05) is 11.8 Å². The van der Waals surface area contributed by atoms with E-state index in [1.54, 1.807) is 36.4 Å². The lowest BCUT2D eigenvalue weighted by atomic mass is 10.2. The Morgan fingerprint density at radius 1 is 1.27 bits per heavy atom. The Morgan fingerprint density at radius 3 is 2.86 bits per heavy atom. The Morgan fingerprint density at radius 2 is 2.18 bits per heavy atom. The number of aromatic nitrogens is 5. The largest absolute Gasteiger partial charge is 0.307 e. The molecule has 2 aromatic heterocycles. The fourth-order valence-corrected chi connectivity index (χ4v) is 1.79. The van der Waals surface area contributed by atoms with E-state index in [1.807, 2.05) is 6.07 Å². The summed E-state index contributed by atoms with van der Waals surface area (Å²) in [5.74, 6) is 0.0592. The van der Waals surface area contributed by atoms with Crippen LogP contribution in [0.3, 0.4) is 0 Å². The van der Waals surface area contributed by atoms with E-state index in [0.717, 1.165) is 0 Å². The van der Waals surface area contributed by atoms with Crippen LogP contribution in [0.4, 0.5) is 5.82 Å². The van der Waals surface area contributed by atoms with E-state index in [2.05, 4.69) is 25.8 Å². The van der Waals surface area contributed by atoms with Gasteiger partial charge in [0.05, 0.1) is 11.3 Å². The molecule has 8 heteroatoms. The van der Waals surface area contributed by atoms with E-state index in [-0.39, 0.29) is 5.91 Å². The third kappa shape index (κ3) is 2.78. The van der Waals surface area contributed by atoms with Crippen molar-refractivity contribution in [2.24, 2.45) is 0 Å². The normalized spacial score (nSPS) is 9.95. The van der Waals surface area contributed by atoms with Crippen molar-refractivity contribution in [1.82, 2.24) is 25.2 Å². The molecule has 1 aromatic carbocycles. The van der Waals surface area contributed by atoms with Gasteiger partial charge < -0.3 is 5.32 Å². The topological polar surface area (TPSA) is 109 Å². The summed E-state index contributed by atoms with van der Waals surface area (Å²) in [4.78, 5) is 16.2. The third-order valence-corrected chi connectivity index (χ3v) is 2.86. The third-order valence-electron chi connectivity index (χ3n) is 2.86. The number of anilines is 1. The Balaban J connectivity index is 1.80. The van der Waals surface area contributed by atoms with E-state index in [1.165, 1.54) is 17.2 Å². The van der Waals surface area contributed by atoms with Crippen LogP contribution in [0.1, 0.15) is 15.9 Å². The molecule has 0 saturated heterocycles. The second kappa shape index (κ2) is 5.80. The molecular weight excluding hydrogens is 282 g/mol. The van der Waals surface area contributed by atoms with Crippen LogP contribution in [0.15, 0.2) is 48.9 Å². The molecule has 106 valence electrons. The Kier molecular flexibility index (Phi) is 3.53. The van der Waals surface area contributed by atoms with Crippen molar-refractivity contribution >= 4 is 11.7 Å². The van der Waals surface area contributed by atoms with E-state index < -0.39 is 0 Å². The highest BCUT2D eigenvalue weighted by molar-refractivity contribution is 6.04. The Bertz CT molecular complexity index is 834. The monoisotopic (exact) mass is 291 g/mol. The average molecular weight is 291 g/mol. The van der Waals surface area contributed by atoms with Gasteiger partial charge in [0.1, 0.15) is 18.2 Å². The molecule has 22 heavy (non-hydrogen) atoms. The minimum absolute atomic E-state index is 0.313. The maximum absolute atomic E-state index is 12.2. The second-order valence-electron chi connectivity index (χ2n) is 4.30. The van der Waals surface area contributed by atoms with Crippen molar-refractivity contribution in [3.63, 3.8) is 0 Å². The molecule has 0 aliphatic heterocycles. The molecule has 0 unspecified atom stereocenters. The number of carbonyl (C=O) groups is 1. The molecule has 0 saturated carbocycles. The highest BCUT2D eigenvalue weighted by Crippen LogP contribution is 2.11. The van der Waals surface area contributed by atoms with Gasteiger partial charge in [0.2, 0.25) is 0 Å². The zero-order chi connectivity index (χ0) is 15.4. The number of tetrazole rings is 1. The quantitative estimate of drug-likeness (QED) is 0.776. The van der Waals surface area contributed by atoms with Crippen molar-refractivity contribution in [3.8, 4) is 11.8 Å². The second-order valence-corrected chi connectivity index (χ2v) is 4.30. The van der Waals surface area contributed by atoms with Gasteiger partial charge in [-0.3, -0.25) is 4.79 Å². The van der Waals surface area contributed by atoms with Gasteiger partial charge in [-0.05, 0) is 40.8 Å². The van der Waals surface area contributed by atoms with E-state index >= 15 is 0 Å². The van der Waals surface area contributed by atoms with Gasteiger partial charge in [0.25, 0.3) is 5.91 Å². The molecule has 0 fully saturated rings. The Labute approximate surface area is 125 Å². The van der Waals surface area contributed by atoms with Crippen LogP contribution in [0.25, 0.3) is 5.69 Å². The zero-order valence-electron chi connectivity index (χ0n) is 11.2. The van der Waals surface area contributed by atoms with Crippen LogP contribution in [0.2, 0.25) is 0 Å². The van der Waals surface area contributed by atoms with Crippen molar-refractivity contribution in [3.05, 3.63) is 60.0 Å². The first-order chi connectivity index (χ1) is 10.8. The van der Waals surface area contributed by atoms with E-state index in [9.17, 15) is 4.79 Å². The van der Waals surface area contributed by atoms with Gasteiger partial charge in [-0.2, -0.15) is 5.26 Å². The number of hydrogen-bond donors (Lipinski definition) is 1. The molecule has 8 nitrogen and oxygen atoms in total. The number of carbonyl (C=O) groups excluding carboxylic acids is 1. The summed E-state index contributed by atoms with van der Waals surface area (Å²) in [7, 11) is 0. The number of amides is 1. The van der Waals surface area contributed by atoms with Gasteiger partial charge in [0.15, 0.2) is 0 Å². The first kappa shape index (κ1) is 13.4. The number of rotatable bonds is 3. The first-order valence-corrected chi connectivity index (χ1v) is 6.27. The van der Waals surface area contributed by atoms with Crippen LogP contribution in [0, 0.1) is 11.3 Å². The summed E-state index contributed by atoms with van der Waals surface area (Å²) in [5.41, 5.74) is 1.54. The smallest absolute Gasteiger partial charge is 0.256 e. The molecular formula is C14H9N7O. The minimum Gasteiger partial charge on any atom is -0.307 e. The fraction of sp³-hybridized carbons (Fsp3) is 0. The van der Waals surface area contributed by atoms with E-state index in [4.69, 9.17) is 5.26 Å². The van der Waals surface area contributed by atoms with Crippen LogP contribution in [-0.2, 0) is 0 Å². The van der Waals surface area contributed by atoms with Gasteiger partial charge >= 0.3 is 0 Å². The number of nitrogens with zero attached hydrogens (tertiary/aromatic N) is 6. The SMILES string of the molecule is N#Cc1ccc(NC(=O)c2cccc(-n3cnnn3)c2)nc1. The number of nitriles is 1. The highest BCUT2D eigenvalue weighted by atomic mass is 16.1. The number of hydrogen-bond acceptors (Lipinski definition) is 6. The molecule has 3 rings (SSSR count). The van der Waals surface area contributed by atoms with Crippen molar-refractivity contribution in [2.75, 3.05) is 5.32 Å². The minimum atomic E-state index is -0.313. The molecule has 2 heterocycles. The summed E-state index contributed by atoms with van der Waals surface area (Å²) in [6.45, 7) is 0. The molecule has 1 N–H and O–H groups in total. The predicted molar refractivity (Wildman–Crippen MR) is 76.1 cm³/mol. The summed E-state index contributed by atoms with van der Waals surface area (Å²) in [5, 5.41) is 22.3. The summed E-state index contributed by atoms with van der Waals surface area (Å²) >= 11 is 0. The van der Waals surface area contributed by atoms with Crippen LogP contribution in [0.5, 0.6) is 0 Å². The van der Waals surface area contributed by atoms with Crippen molar-refractivity contribution < 1.29 is 4.79 Å². The molecule has 3 aromatic rings. The van der Waals surface area contributed by atoms with Crippen LogP contribution < -0.4 is 5.32 Å². The molecule has 0 atom stereocenters. The Hall–Kier alpha value is -3.60. The molecule has 0 aliphatic rings. The van der Waals surface area contributed by atoms with Gasteiger partial charge in [-0.15, -0.1) is 5.10 Å². The van der Waals surface area contributed by atoms with Crippen LogP contribution in [-0.4, -0.2) is 31.1 Å². The summed E-state index contributed by atoms with van der Waals surface area (Å²) < 4.78 is 1.46. The predicted octanol–water partition coefficient (Wildman–Crippen LogP) is 1.18. The maximum Gasteiger partial charge on any atom is 0.256 e. The molecule has 0 bridgehead atoms. The fourth-order valence-electron chi connectivity index (χ4n) is 1.79. The summed E-state index contributed by atoms with van der Waals surface area (Å²) in [6.07, 6.45) is 2.84. The lowest BCUT2D eigenvalue weighted by Crippen LogP contribution is -2.13. The lowest BCUT2D eigenvalue weighted by Gasteiger charge is -2.06. The first-order valence-electron chi connectivity index (χ1n) is 6.27. The van der Waals surface area contributed by atoms with Gasteiger partial charge in [-0.25, -0.2) is 9.67 Å². The molecule has 0 spiro atoms. The molecule has 1 amide bonds. The molecule has 0 radical (unpaired) electrons. The maximum atomic E-state index is 12.2. The van der Waals surface area contributed by atoms with Gasteiger partial charge in [-0.1, -0.05) is 6.07 Å². The van der Waals surface area contributed by atoms with E-state index in [0.29, 0.717) is 22.6 Å². The number of benzene rings is 1. The van der Waals surface area contributed by atoms with Crippen molar-refractivity contribution in [2.45, 2.75) is 0 Å².